The van der Waals surface area contributed by atoms with Crippen molar-refractivity contribution in [3.8, 4) is 0 Å². The Bertz CT molecular complexity index is 171. The number of carbonyl (C=O) groups is 1. The predicted molar refractivity (Wildman–Crippen MR) is 59.2 cm³/mol. The number of unbranched alkanes of at least 4 members (excludes halogenated alkanes) is 1. The number of rotatable bonds is 6. The normalized spacial score (nSPS) is 11.9. The van der Waals surface area contributed by atoms with E-state index in [1.54, 1.807) is 0 Å². The summed E-state index contributed by atoms with van der Waals surface area (Å²) in [5.41, 5.74) is -0.289. The Morgan fingerprint density at radius 1 is 1.29 bits per heavy atom. The monoisotopic (exact) mass is 200 g/mol. The molecule has 2 nitrogen and oxygen atoms in total. The van der Waals surface area contributed by atoms with E-state index in [9.17, 15) is 4.79 Å². The van der Waals surface area contributed by atoms with Crippen LogP contribution in [0.5, 0.6) is 0 Å². The van der Waals surface area contributed by atoms with E-state index in [-0.39, 0.29) is 11.6 Å². The minimum absolute atomic E-state index is 0.182. The minimum atomic E-state index is -0.289. The van der Waals surface area contributed by atoms with Gasteiger partial charge in [0.25, 0.3) is 0 Å². The fourth-order valence-electron chi connectivity index (χ4n) is 1.54. The second-order valence-corrected chi connectivity index (χ2v) is 4.99. The Morgan fingerprint density at radius 2 is 1.86 bits per heavy atom. The highest BCUT2D eigenvalue weighted by atomic mass is 16.6. The van der Waals surface area contributed by atoms with Gasteiger partial charge in [0.05, 0.1) is 0 Å². The third kappa shape index (κ3) is 8.09. The molecule has 0 saturated carbocycles. The Labute approximate surface area is 88.0 Å². The van der Waals surface area contributed by atoms with Crippen molar-refractivity contribution >= 4 is 5.97 Å². The van der Waals surface area contributed by atoms with Crippen molar-refractivity contribution in [3.05, 3.63) is 0 Å². The standard InChI is InChI=1S/C12H24O2/c1-10(2)8-6-7-9-12(4,5)14-11(3)13/h10H,6-9H2,1-5H3. The molecule has 0 aliphatic heterocycles. The molecule has 0 N–H and O–H groups in total. The summed E-state index contributed by atoms with van der Waals surface area (Å²) >= 11 is 0. The van der Waals surface area contributed by atoms with Crippen molar-refractivity contribution in [2.24, 2.45) is 5.92 Å². The lowest BCUT2D eigenvalue weighted by Crippen LogP contribution is -2.26. The summed E-state index contributed by atoms with van der Waals surface area (Å²) < 4.78 is 5.21. The zero-order valence-electron chi connectivity index (χ0n) is 10.2. The molecular weight excluding hydrogens is 176 g/mol. The SMILES string of the molecule is CC(=O)OC(C)(C)CCCCC(C)C. The molecule has 0 aromatic heterocycles. The first kappa shape index (κ1) is 13.5. The van der Waals surface area contributed by atoms with E-state index >= 15 is 0 Å². The second-order valence-electron chi connectivity index (χ2n) is 4.99. The first-order valence-electron chi connectivity index (χ1n) is 5.53. The maximum Gasteiger partial charge on any atom is 0.303 e. The molecule has 0 aromatic carbocycles. The zero-order chi connectivity index (χ0) is 11.2. The third-order valence-corrected chi connectivity index (χ3v) is 2.23. The molecule has 0 fully saturated rings. The van der Waals surface area contributed by atoms with Crippen LogP contribution in [-0.4, -0.2) is 11.6 Å². The summed E-state index contributed by atoms with van der Waals surface area (Å²) in [5, 5.41) is 0. The number of hydrogen-bond donors (Lipinski definition) is 0. The highest BCUT2D eigenvalue weighted by Gasteiger charge is 2.20. The molecule has 84 valence electrons. The quantitative estimate of drug-likeness (QED) is 0.484. The first-order valence-corrected chi connectivity index (χ1v) is 5.53. The van der Waals surface area contributed by atoms with Gasteiger partial charge in [-0.05, 0) is 32.6 Å². The van der Waals surface area contributed by atoms with E-state index in [0.717, 1.165) is 18.8 Å². The molecule has 14 heavy (non-hydrogen) atoms. The average molecular weight is 200 g/mol. The van der Waals surface area contributed by atoms with Crippen LogP contribution in [0.4, 0.5) is 0 Å². The molecule has 0 unspecified atom stereocenters. The van der Waals surface area contributed by atoms with Gasteiger partial charge >= 0.3 is 5.97 Å². The van der Waals surface area contributed by atoms with E-state index < -0.39 is 0 Å². The Hall–Kier alpha value is -0.530. The maximum absolute atomic E-state index is 10.8. The highest BCUT2D eigenvalue weighted by molar-refractivity contribution is 5.66. The molecule has 0 aromatic rings. The van der Waals surface area contributed by atoms with Crippen molar-refractivity contribution in [2.45, 2.75) is 65.9 Å². The molecule has 2 heteroatoms. The van der Waals surface area contributed by atoms with Crippen molar-refractivity contribution in [1.82, 2.24) is 0 Å². The van der Waals surface area contributed by atoms with Crippen LogP contribution < -0.4 is 0 Å². The van der Waals surface area contributed by atoms with Crippen LogP contribution in [0.2, 0.25) is 0 Å². The van der Waals surface area contributed by atoms with Gasteiger partial charge in [-0.3, -0.25) is 4.79 Å². The van der Waals surface area contributed by atoms with Gasteiger partial charge in [-0.2, -0.15) is 0 Å². The van der Waals surface area contributed by atoms with E-state index in [4.69, 9.17) is 4.74 Å². The lowest BCUT2D eigenvalue weighted by atomic mass is 9.98. The lowest BCUT2D eigenvalue weighted by Gasteiger charge is -2.24. The molecule has 0 rings (SSSR count). The summed E-state index contributed by atoms with van der Waals surface area (Å²) in [7, 11) is 0. The molecule has 0 bridgehead atoms. The Morgan fingerprint density at radius 3 is 2.29 bits per heavy atom. The largest absolute Gasteiger partial charge is 0.460 e. The number of hydrogen-bond acceptors (Lipinski definition) is 2. The first-order chi connectivity index (χ1) is 6.33. The van der Waals surface area contributed by atoms with Crippen molar-refractivity contribution in [3.63, 3.8) is 0 Å². The van der Waals surface area contributed by atoms with Crippen LogP contribution in [0.1, 0.15) is 60.3 Å². The number of esters is 1. The van der Waals surface area contributed by atoms with Crippen molar-refractivity contribution in [1.29, 1.82) is 0 Å². The molecular formula is C12H24O2. The molecule has 0 spiro atoms. The smallest absolute Gasteiger partial charge is 0.303 e. The van der Waals surface area contributed by atoms with E-state index in [2.05, 4.69) is 13.8 Å². The van der Waals surface area contributed by atoms with E-state index in [0.29, 0.717) is 0 Å². The van der Waals surface area contributed by atoms with Gasteiger partial charge < -0.3 is 4.74 Å². The molecule has 0 atom stereocenters. The van der Waals surface area contributed by atoms with E-state index in [1.165, 1.54) is 19.8 Å². The maximum atomic E-state index is 10.8. The van der Waals surface area contributed by atoms with Crippen LogP contribution in [0.25, 0.3) is 0 Å². The average Bonchev–Trinajstić information content (AvgIpc) is 1.95. The van der Waals surface area contributed by atoms with Gasteiger partial charge in [0.1, 0.15) is 5.60 Å². The summed E-state index contributed by atoms with van der Waals surface area (Å²) in [6.45, 7) is 9.89. The van der Waals surface area contributed by atoms with Crippen molar-refractivity contribution in [2.75, 3.05) is 0 Å². The van der Waals surface area contributed by atoms with Gasteiger partial charge in [0.2, 0.25) is 0 Å². The van der Waals surface area contributed by atoms with Gasteiger partial charge in [-0.15, -0.1) is 0 Å². The van der Waals surface area contributed by atoms with Gasteiger partial charge in [0.15, 0.2) is 0 Å². The van der Waals surface area contributed by atoms with Crippen LogP contribution in [0, 0.1) is 5.92 Å². The molecule has 0 amide bonds. The topological polar surface area (TPSA) is 26.3 Å². The summed E-state index contributed by atoms with van der Waals surface area (Å²) in [4.78, 5) is 10.8. The van der Waals surface area contributed by atoms with Crippen LogP contribution >= 0.6 is 0 Å². The zero-order valence-corrected chi connectivity index (χ0v) is 10.2. The summed E-state index contributed by atoms with van der Waals surface area (Å²) in [6.07, 6.45) is 4.58. The molecule has 0 saturated heterocycles. The Balaban J connectivity index is 3.60. The second kappa shape index (κ2) is 6.05. The minimum Gasteiger partial charge on any atom is -0.460 e. The molecule has 0 radical (unpaired) electrons. The summed E-state index contributed by atoms with van der Waals surface area (Å²) in [6, 6.07) is 0. The number of ether oxygens (including phenoxy) is 1. The third-order valence-electron chi connectivity index (χ3n) is 2.23. The van der Waals surface area contributed by atoms with Gasteiger partial charge in [-0.25, -0.2) is 0 Å². The lowest BCUT2D eigenvalue weighted by molar-refractivity contribution is -0.154. The molecule has 0 aliphatic rings. The van der Waals surface area contributed by atoms with Crippen LogP contribution in [0.3, 0.4) is 0 Å². The van der Waals surface area contributed by atoms with Crippen molar-refractivity contribution < 1.29 is 9.53 Å². The highest BCUT2D eigenvalue weighted by Crippen LogP contribution is 2.19. The van der Waals surface area contributed by atoms with E-state index in [1.807, 2.05) is 13.8 Å². The van der Waals surface area contributed by atoms with Gasteiger partial charge in [0, 0.05) is 6.92 Å². The predicted octanol–water partition coefficient (Wildman–Crippen LogP) is 3.54. The Kier molecular flexibility index (Phi) is 5.82. The van der Waals surface area contributed by atoms with Gasteiger partial charge in [-0.1, -0.05) is 26.7 Å². The summed E-state index contributed by atoms with van der Waals surface area (Å²) in [5.74, 6) is 0.589. The molecule has 0 heterocycles. The fraction of sp³-hybridized carbons (Fsp3) is 0.917. The van der Waals surface area contributed by atoms with Crippen LogP contribution in [0.15, 0.2) is 0 Å². The molecule has 0 aliphatic carbocycles. The fourth-order valence-corrected chi connectivity index (χ4v) is 1.54. The number of carbonyl (C=O) groups excluding carboxylic acids is 1. The van der Waals surface area contributed by atoms with Crippen LogP contribution in [-0.2, 0) is 9.53 Å².